The molecule has 126 valence electrons. The Morgan fingerprint density at radius 2 is 1.96 bits per heavy atom. The van der Waals surface area contributed by atoms with E-state index in [-0.39, 0.29) is 5.69 Å². The van der Waals surface area contributed by atoms with Crippen molar-refractivity contribution in [3.05, 3.63) is 60.4 Å². The van der Waals surface area contributed by atoms with Gasteiger partial charge in [0.05, 0.1) is 18.6 Å². The lowest BCUT2D eigenvalue weighted by atomic mass is 10.1. The average Bonchev–Trinajstić information content (AvgIpc) is 2.52. The largest absolute Gasteiger partial charge is 0.493 e. The smallest absolute Gasteiger partial charge is 0.357 e. The Morgan fingerprint density at radius 3 is 2.58 bits per heavy atom. The van der Waals surface area contributed by atoms with Crippen molar-refractivity contribution in [3.63, 3.8) is 0 Å². The SMILES string of the molecule is CCOc1cc(/C=C/c2[nH]c(=O)[nH]c(=O)c2[N+](=O)[O-])ccc1OC. The van der Waals surface area contributed by atoms with E-state index in [1.54, 1.807) is 18.2 Å². The second-order valence-corrected chi connectivity index (χ2v) is 4.60. The molecule has 0 aliphatic rings. The van der Waals surface area contributed by atoms with Gasteiger partial charge < -0.3 is 14.5 Å². The van der Waals surface area contributed by atoms with E-state index in [0.717, 1.165) is 0 Å². The zero-order valence-electron chi connectivity index (χ0n) is 13.0. The second-order valence-electron chi connectivity index (χ2n) is 4.60. The summed E-state index contributed by atoms with van der Waals surface area (Å²) in [6.45, 7) is 2.27. The van der Waals surface area contributed by atoms with Crippen LogP contribution in [-0.2, 0) is 0 Å². The number of hydrogen-bond donors (Lipinski definition) is 2. The fourth-order valence-corrected chi connectivity index (χ4v) is 2.04. The van der Waals surface area contributed by atoms with Crippen LogP contribution in [0.5, 0.6) is 11.5 Å². The number of H-pyrrole nitrogens is 2. The van der Waals surface area contributed by atoms with Gasteiger partial charge in [-0.05, 0) is 30.7 Å². The Morgan fingerprint density at radius 1 is 1.21 bits per heavy atom. The van der Waals surface area contributed by atoms with Crippen LogP contribution in [0.1, 0.15) is 18.2 Å². The predicted octanol–water partition coefficient (Wildman–Crippen LogP) is 1.55. The van der Waals surface area contributed by atoms with E-state index in [2.05, 4.69) is 4.98 Å². The van der Waals surface area contributed by atoms with Crippen LogP contribution in [0.4, 0.5) is 5.69 Å². The van der Waals surface area contributed by atoms with Gasteiger partial charge in [0.25, 0.3) is 0 Å². The van der Waals surface area contributed by atoms with Crippen molar-refractivity contribution >= 4 is 17.8 Å². The van der Waals surface area contributed by atoms with Gasteiger partial charge in [0.2, 0.25) is 0 Å². The molecule has 0 atom stereocenters. The summed E-state index contributed by atoms with van der Waals surface area (Å²) in [6, 6.07) is 5.06. The number of hydrogen-bond acceptors (Lipinski definition) is 6. The van der Waals surface area contributed by atoms with Crippen LogP contribution < -0.4 is 20.7 Å². The highest BCUT2D eigenvalue weighted by Crippen LogP contribution is 2.28. The van der Waals surface area contributed by atoms with E-state index in [0.29, 0.717) is 23.7 Å². The summed E-state index contributed by atoms with van der Waals surface area (Å²) in [5, 5.41) is 11.0. The molecule has 0 aliphatic heterocycles. The average molecular weight is 333 g/mol. The van der Waals surface area contributed by atoms with Gasteiger partial charge in [-0.15, -0.1) is 0 Å². The molecule has 0 saturated heterocycles. The van der Waals surface area contributed by atoms with Crippen LogP contribution in [0.2, 0.25) is 0 Å². The molecule has 2 aromatic rings. The highest BCUT2D eigenvalue weighted by molar-refractivity contribution is 5.72. The molecule has 1 aromatic heterocycles. The molecule has 2 rings (SSSR count). The Hall–Kier alpha value is -3.36. The van der Waals surface area contributed by atoms with Crippen molar-refractivity contribution in [3.8, 4) is 11.5 Å². The highest BCUT2D eigenvalue weighted by atomic mass is 16.6. The minimum atomic E-state index is -1.06. The van der Waals surface area contributed by atoms with Gasteiger partial charge in [-0.2, -0.15) is 0 Å². The summed E-state index contributed by atoms with van der Waals surface area (Å²) in [7, 11) is 1.51. The summed E-state index contributed by atoms with van der Waals surface area (Å²) < 4.78 is 10.6. The van der Waals surface area contributed by atoms with Gasteiger partial charge in [-0.25, -0.2) is 4.79 Å². The zero-order valence-corrected chi connectivity index (χ0v) is 13.0. The highest BCUT2D eigenvalue weighted by Gasteiger charge is 2.18. The maximum absolute atomic E-state index is 11.5. The van der Waals surface area contributed by atoms with E-state index in [1.807, 2.05) is 11.9 Å². The first-order chi connectivity index (χ1) is 11.5. The maximum atomic E-state index is 11.5. The number of rotatable bonds is 6. The molecular weight excluding hydrogens is 318 g/mol. The number of nitrogens with zero attached hydrogens (tertiary/aromatic N) is 1. The summed E-state index contributed by atoms with van der Waals surface area (Å²) in [5.74, 6) is 1.06. The summed E-state index contributed by atoms with van der Waals surface area (Å²) >= 11 is 0. The van der Waals surface area contributed by atoms with Crippen molar-refractivity contribution < 1.29 is 14.4 Å². The first-order valence-corrected chi connectivity index (χ1v) is 6.96. The lowest BCUT2D eigenvalue weighted by Crippen LogP contribution is -2.25. The van der Waals surface area contributed by atoms with Crippen LogP contribution in [0.15, 0.2) is 27.8 Å². The monoisotopic (exact) mass is 333 g/mol. The number of nitro groups is 1. The molecular formula is C15H15N3O6. The van der Waals surface area contributed by atoms with Gasteiger partial charge in [0, 0.05) is 0 Å². The minimum Gasteiger partial charge on any atom is -0.493 e. The normalized spacial score (nSPS) is 10.8. The zero-order chi connectivity index (χ0) is 17.7. The topological polar surface area (TPSA) is 127 Å². The van der Waals surface area contributed by atoms with Crippen molar-refractivity contribution in [1.82, 2.24) is 9.97 Å². The lowest BCUT2D eigenvalue weighted by molar-refractivity contribution is -0.386. The van der Waals surface area contributed by atoms with Crippen LogP contribution in [0, 0.1) is 10.1 Å². The first kappa shape index (κ1) is 17.0. The van der Waals surface area contributed by atoms with Gasteiger partial charge in [0.15, 0.2) is 11.5 Å². The van der Waals surface area contributed by atoms with Crippen LogP contribution >= 0.6 is 0 Å². The molecule has 0 radical (unpaired) electrons. The van der Waals surface area contributed by atoms with Gasteiger partial charge in [0.1, 0.15) is 5.69 Å². The quantitative estimate of drug-likeness (QED) is 0.610. The van der Waals surface area contributed by atoms with Crippen LogP contribution in [-0.4, -0.2) is 28.6 Å². The number of methoxy groups -OCH3 is 1. The number of benzene rings is 1. The van der Waals surface area contributed by atoms with Crippen molar-refractivity contribution in [2.24, 2.45) is 0 Å². The number of aromatic nitrogens is 2. The van der Waals surface area contributed by atoms with Gasteiger partial charge >= 0.3 is 16.9 Å². The first-order valence-electron chi connectivity index (χ1n) is 6.96. The van der Waals surface area contributed by atoms with Gasteiger partial charge in [-0.1, -0.05) is 12.1 Å². The third kappa shape index (κ3) is 3.69. The third-order valence-corrected chi connectivity index (χ3v) is 3.06. The van der Waals surface area contributed by atoms with Gasteiger partial charge in [-0.3, -0.25) is 19.9 Å². The Balaban J connectivity index is 2.45. The van der Waals surface area contributed by atoms with E-state index in [1.165, 1.54) is 19.3 Å². The summed E-state index contributed by atoms with van der Waals surface area (Å²) in [6.07, 6.45) is 2.80. The van der Waals surface area contributed by atoms with Crippen molar-refractivity contribution in [1.29, 1.82) is 0 Å². The summed E-state index contributed by atoms with van der Waals surface area (Å²) in [5.41, 5.74) is -2.16. The fourth-order valence-electron chi connectivity index (χ4n) is 2.04. The second kappa shape index (κ2) is 7.27. The molecule has 0 unspecified atom stereocenters. The molecule has 1 heterocycles. The molecule has 9 nitrogen and oxygen atoms in total. The minimum absolute atomic E-state index is 0.192. The molecule has 0 saturated carbocycles. The molecule has 9 heteroatoms. The van der Waals surface area contributed by atoms with E-state index >= 15 is 0 Å². The van der Waals surface area contributed by atoms with E-state index < -0.39 is 21.9 Å². The number of aromatic amines is 2. The Labute approximate surface area is 135 Å². The Bertz CT molecular complexity index is 897. The Kier molecular flexibility index (Phi) is 5.15. The standard InChI is InChI=1S/C15H15N3O6/c1-3-24-12-8-9(5-7-11(12)23-2)4-6-10-13(18(21)22)14(19)17-15(20)16-10/h4-8H,3H2,1-2H3,(H2,16,17,19,20)/b6-4+. The fraction of sp³-hybridized carbons (Fsp3) is 0.200. The van der Waals surface area contributed by atoms with E-state index in [9.17, 15) is 19.7 Å². The molecule has 0 amide bonds. The molecule has 0 spiro atoms. The van der Waals surface area contributed by atoms with Crippen LogP contribution in [0.25, 0.3) is 12.2 Å². The number of nitrogens with one attached hydrogen (secondary N) is 2. The molecule has 0 aliphatic carbocycles. The maximum Gasteiger partial charge on any atom is 0.357 e. The van der Waals surface area contributed by atoms with Crippen molar-refractivity contribution in [2.75, 3.05) is 13.7 Å². The van der Waals surface area contributed by atoms with Crippen molar-refractivity contribution in [2.45, 2.75) is 6.92 Å². The van der Waals surface area contributed by atoms with E-state index in [4.69, 9.17) is 9.47 Å². The molecule has 2 N–H and O–H groups in total. The molecule has 24 heavy (non-hydrogen) atoms. The summed E-state index contributed by atoms with van der Waals surface area (Å²) in [4.78, 5) is 37.0. The molecule has 0 bridgehead atoms. The number of ether oxygens (including phenoxy) is 2. The molecule has 1 aromatic carbocycles. The lowest BCUT2D eigenvalue weighted by Gasteiger charge is -2.09. The predicted molar refractivity (Wildman–Crippen MR) is 87.4 cm³/mol. The molecule has 0 fully saturated rings. The third-order valence-electron chi connectivity index (χ3n) is 3.06. The van der Waals surface area contributed by atoms with Crippen LogP contribution in [0.3, 0.4) is 0 Å².